The summed E-state index contributed by atoms with van der Waals surface area (Å²) in [4.78, 5) is 11.8. The molecule has 0 aliphatic heterocycles. The van der Waals surface area contributed by atoms with Crippen LogP contribution in [0.5, 0.6) is 0 Å². The van der Waals surface area contributed by atoms with E-state index >= 15 is 0 Å². The summed E-state index contributed by atoms with van der Waals surface area (Å²) in [6, 6.07) is 0. The number of hydrogen-bond donors (Lipinski definition) is 2. The molecule has 0 heterocycles. The van der Waals surface area contributed by atoms with Gasteiger partial charge in [0.2, 0.25) is 0 Å². The fraction of sp³-hybridized carbons (Fsp3) is 0.842. The third-order valence-electron chi connectivity index (χ3n) is 7.94. The van der Waals surface area contributed by atoms with Crippen LogP contribution in [0.15, 0.2) is 11.6 Å². The van der Waals surface area contributed by atoms with Gasteiger partial charge < -0.3 is 10.2 Å². The number of carbonyl (C=O) groups excluding carboxylic acids is 1. The Labute approximate surface area is 132 Å². The summed E-state index contributed by atoms with van der Waals surface area (Å²) in [5.74, 6) is 1.96. The molecule has 3 heteroatoms. The molecule has 4 aliphatic rings. The molecule has 0 unspecified atom stereocenters. The van der Waals surface area contributed by atoms with Gasteiger partial charge in [0, 0.05) is 6.42 Å². The van der Waals surface area contributed by atoms with Crippen LogP contribution >= 0.6 is 0 Å². The number of aliphatic hydroxyl groups is 2. The summed E-state index contributed by atoms with van der Waals surface area (Å²) >= 11 is 0. The smallest absolute Gasteiger partial charge is 0.155 e. The second-order valence-corrected chi connectivity index (χ2v) is 8.76. The molecule has 3 fully saturated rings. The minimum atomic E-state index is -0.559. The number of rotatable bonds is 0. The molecule has 2 N–H and O–H groups in total. The highest BCUT2D eigenvalue weighted by Gasteiger charge is 2.60. The van der Waals surface area contributed by atoms with Gasteiger partial charge in [-0.15, -0.1) is 0 Å². The fourth-order valence-electron chi connectivity index (χ4n) is 6.55. The summed E-state index contributed by atoms with van der Waals surface area (Å²) < 4.78 is 0. The highest BCUT2D eigenvalue weighted by Crippen LogP contribution is 2.65. The molecule has 0 amide bonds. The molecule has 0 aromatic heterocycles. The standard InChI is InChI=1S/C19H28O3/c1-18-7-5-12(20)9-11(18)3-4-13-14(18)6-8-19(2)15(13)10-16(21)17(19)22/h9,13-17,21-22H,3-8,10H2,1-2H3/t13-,14+,15+,16+,17+,18+,19+/m1/s1. The lowest BCUT2D eigenvalue weighted by Crippen LogP contribution is -2.51. The van der Waals surface area contributed by atoms with Crippen LogP contribution in [0.2, 0.25) is 0 Å². The Hall–Kier alpha value is -0.670. The van der Waals surface area contributed by atoms with Crippen molar-refractivity contribution in [3.05, 3.63) is 11.6 Å². The van der Waals surface area contributed by atoms with Crippen LogP contribution in [0, 0.1) is 28.6 Å². The highest BCUT2D eigenvalue weighted by atomic mass is 16.3. The monoisotopic (exact) mass is 304 g/mol. The summed E-state index contributed by atoms with van der Waals surface area (Å²) in [6.07, 6.45) is 7.56. The molecule has 0 spiro atoms. The van der Waals surface area contributed by atoms with E-state index in [1.807, 2.05) is 6.08 Å². The van der Waals surface area contributed by atoms with E-state index < -0.39 is 12.2 Å². The van der Waals surface area contributed by atoms with Gasteiger partial charge in [0.1, 0.15) is 0 Å². The number of fused-ring (bicyclic) bond motifs is 5. The van der Waals surface area contributed by atoms with Crippen molar-refractivity contribution in [1.82, 2.24) is 0 Å². The molecule has 3 nitrogen and oxygen atoms in total. The van der Waals surface area contributed by atoms with Crippen molar-refractivity contribution in [1.29, 1.82) is 0 Å². The first-order chi connectivity index (χ1) is 10.4. The summed E-state index contributed by atoms with van der Waals surface area (Å²) in [6.45, 7) is 4.55. The zero-order valence-electron chi connectivity index (χ0n) is 13.7. The SMILES string of the molecule is C[C@]12CC[C@H]3[C@@H](CCC4=CC(=O)CC[C@@]43C)[C@@H]1C[C@H](O)[C@@H]2O. The van der Waals surface area contributed by atoms with Crippen molar-refractivity contribution >= 4 is 5.78 Å². The van der Waals surface area contributed by atoms with E-state index in [0.717, 1.165) is 38.5 Å². The first-order valence-electron chi connectivity index (χ1n) is 8.96. The van der Waals surface area contributed by atoms with Gasteiger partial charge in [-0.3, -0.25) is 4.79 Å². The van der Waals surface area contributed by atoms with E-state index in [-0.39, 0.29) is 10.8 Å². The van der Waals surface area contributed by atoms with Crippen molar-refractivity contribution < 1.29 is 15.0 Å². The maximum atomic E-state index is 11.8. The molecule has 0 radical (unpaired) electrons. The zero-order valence-corrected chi connectivity index (χ0v) is 13.7. The van der Waals surface area contributed by atoms with Gasteiger partial charge >= 0.3 is 0 Å². The predicted octanol–water partition coefficient (Wildman–Crippen LogP) is 2.85. The number of ketones is 1. The number of carbonyl (C=O) groups is 1. The molecule has 7 atom stereocenters. The Bertz CT molecular complexity index is 539. The Morgan fingerprint density at radius 1 is 1.09 bits per heavy atom. The van der Waals surface area contributed by atoms with E-state index in [1.165, 1.54) is 5.57 Å². The first kappa shape index (κ1) is 14.9. The molecule has 4 rings (SSSR count). The van der Waals surface area contributed by atoms with Crippen molar-refractivity contribution in [3.63, 3.8) is 0 Å². The average molecular weight is 304 g/mol. The molecule has 3 saturated carbocycles. The van der Waals surface area contributed by atoms with Crippen LogP contribution in [0.1, 0.15) is 58.8 Å². The van der Waals surface area contributed by atoms with E-state index in [1.54, 1.807) is 0 Å². The lowest BCUT2D eigenvalue weighted by Gasteiger charge is -2.57. The van der Waals surface area contributed by atoms with Crippen LogP contribution in [-0.2, 0) is 4.79 Å². The molecular weight excluding hydrogens is 276 g/mol. The third-order valence-corrected chi connectivity index (χ3v) is 7.94. The Balaban J connectivity index is 1.69. The number of hydrogen-bond acceptors (Lipinski definition) is 3. The summed E-state index contributed by atoms with van der Waals surface area (Å²) in [7, 11) is 0. The lowest BCUT2D eigenvalue weighted by molar-refractivity contribution is -0.118. The van der Waals surface area contributed by atoms with Gasteiger partial charge in [-0.1, -0.05) is 19.4 Å². The second kappa shape index (κ2) is 4.67. The van der Waals surface area contributed by atoms with Crippen molar-refractivity contribution in [2.45, 2.75) is 71.0 Å². The van der Waals surface area contributed by atoms with Gasteiger partial charge in [0.05, 0.1) is 12.2 Å². The zero-order chi connectivity index (χ0) is 15.7. The van der Waals surface area contributed by atoms with Crippen molar-refractivity contribution in [2.75, 3.05) is 0 Å². The maximum absolute atomic E-state index is 11.8. The van der Waals surface area contributed by atoms with Gasteiger partial charge in [0.25, 0.3) is 0 Å². The molecule has 0 bridgehead atoms. The van der Waals surface area contributed by atoms with Gasteiger partial charge in [-0.25, -0.2) is 0 Å². The summed E-state index contributed by atoms with van der Waals surface area (Å²) in [5, 5.41) is 20.7. The van der Waals surface area contributed by atoms with E-state index in [2.05, 4.69) is 13.8 Å². The van der Waals surface area contributed by atoms with Crippen molar-refractivity contribution in [3.8, 4) is 0 Å². The molecule has 0 aromatic carbocycles. The normalized spacial score (nSPS) is 54.3. The number of aliphatic hydroxyl groups excluding tert-OH is 2. The average Bonchev–Trinajstić information content (AvgIpc) is 2.72. The first-order valence-corrected chi connectivity index (χ1v) is 8.96. The van der Waals surface area contributed by atoms with E-state index in [0.29, 0.717) is 30.0 Å². The van der Waals surface area contributed by atoms with E-state index in [9.17, 15) is 15.0 Å². The summed E-state index contributed by atoms with van der Waals surface area (Å²) in [5.41, 5.74) is 1.45. The van der Waals surface area contributed by atoms with Crippen LogP contribution in [-0.4, -0.2) is 28.2 Å². The topological polar surface area (TPSA) is 57.5 Å². The lowest BCUT2D eigenvalue weighted by atomic mass is 9.47. The van der Waals surface area contributed by atoms with Crippen LogP contribution in [0.25, 0.3) is 0 Å². The van der Waals surface area contributed by atoms with Gasteiger partial charge in [0.15, 0.2) is 5.78 Å². The van der Waals surface area contributed by atoms with Gasteiger partial charge in [-0.2, -0.15) is 0 Å². The molecule has 22 heavy (non-hydrogen) atoms. The molecule has 4 aliphatic carbocycles. The minimum Gasteiger partial charge on any atom is -0.390 e. The minimum absolute atomic E-state index is 0.108. The van der Waals surface area contributed by atoms with Crippen LogP contribution in [0.3, 0.4) is 0 Å². The molecule has 0 aromatic rings. The second-order valence-electron chi connectivity index (χ2n) is 8.76. The largest absolute Gasteiger partial charge is 0.390 e. The maximum Gasteiger partial charge on any atom is 0.155 e. The van der Waals surface area contributed by atoms with Crippen molar-refractivity contribution in [2.24, 2.45) is 28.6 Å². The molecule has 122 valence electrons. The quantitative estimate of drug-likeness (QED) is 0.723. The Kier molecular flexibility index (Phi) is 3.16. The third kappa shape index (κ3) is 1.78. The highest BCUT2D eigenvalue weighted by molar-refractivity contribution is 5.91. The fourth-order valence-corrected chi connectivity index (χ4v) is 6.55. The Morgan fingerprint density at radius 2 is 1.86 bits per heavy atom. The molecule has 0 saturated heterocycles. The predicted molar refractivity (Wildman–Crippen MR) is 84.1 cm³/mol. The number of allylic oxidation sites excluding steroid dienone is 1. The van der Waals surface area contributed by atoms with Crippen LogP contribution in [0.4, 0.5) is 0 Å². The van der Waals surface area contributed by atoms with E-state index in [4.69, 9.17) is 0 Å². The van der Waals surface area contributed by atoms with Crippen LogP contribution < -0.4 is 0 Å². The van der Waals surface area contributed by atoms with Gasteiger partial charge in [-0.05, 0) is 73.2 Å². The Morgan fingerprint density at radius 3 is 2.64 bits per heavy atom. The molecular formula is C19H28O3.